The van der Waals surface area contributed by atoms with Gasteiger partial charge in [0, 0.05) is 13.1 Å². The van der Waals surface area contributed by atoms with Crippen molar-refractivity contribution in [3.63, 3.8) is 0 Å². The van der Waals surface area contributed by atoms with Crippen LogP contribution in [0.25, 0.3) is 0 Å². The van der Waals surface area contributed by atoms with Crippen molar-refractivity contribution in [3.05, 3.63) is 22.7 Å². The molecular formula is C15H22ClNO4. The Bertz CT molecular complexity index is 493. The van der Waals surface area contributed by atoms with Crippen molar-refractivity contribution in [2.24, 2.45) is 5.92 Å². The third kappa shape index (κ3) is 5.10. The van der Waals surface area contributed by atoms with E-state index in [0.29, 0.717) is 36.2 Å². The van der Waals surface area contributed by atoms with Crippen molar-refractivity contribution >= 4 is 17.6 Å². The number of benzene rings is 1. The highest BCUT2D eigenvalue weighted by molar-refractivity contribution is 6.32. The Morgan fingerprint density at radius 2 is 2.14 bits per heavy atom. The number of carboxylic acids is 1. The van der Waals surface area contributed by atoms with Crippen LogP contribution in [0.15, 0.2) is 12.1 Å². The van der Waals surface area contributed by atoms with Gasteiger partial charge in [-0.3, -0.25) is 4.79 Å². The topological polar surface area (TPSA) is 59.0 Å². The lowest BCUT2D eigenvalue weighted by Gasteiger charge is -2.20. The predicted molar refractivity (Wildman–Crippen MR) is 82.3 cm³/mol. The van der Waals surface area contributed by atoms with Crippen LogP contribution in [0.5, 0.6) is 11.5 Å². The van der Waals surface area contributed by atoms with Crippen molar-refractivity contribution in [3.8, 4) is 11.5 Å². The molecule has 1 rings (SSSR count). The van der Waals surface area contributed by atoms with Gasteiger partial charge in [0.05, 0.1) is 24.7 Å². The van der Waals surface area contributed by atoms with Crippen molar-refractivity contribution in [1.29, 1.82) is 0 Å². The normalized spacial score (nSPS) is 12.3. The van der Waals surface area contributed by atoms with E-state index in [4.69, 9.17) is 26.2 Å². The average molecular weight is 316 g/mol. The number of hydrogen-bond donors (Lipinski definition) is 1. The van der Waals surface area contributed by atoms with Gasteiger partial charge in [-0.1, -0.05) is 18.5 Å². The fraction of sp³-hybridized carbons (Fsp3) is 0.533. The van der Waals surface area contributed by atoms with Gasteiger partial charge in [0.1, 0.15) is 0 Å². The molecule has 1 aromatic rings. The largest absolute Gasteiger partial charge is 0.493 e. The van der Waals surface area contributed by atoms with E-state index in [2.05, 4.69) is 0 Å². The fourth-order valence-electron chi connectivity index (χ4n) is 2.07. The second-order valence-corrected chi connectivity index (χ2v) is 5.39. The lowest BCUT2D eigenvalue weighted by Crippen LogP contribution is -2.28. The van der Waals surface area contributed by atoms with E-state index in [1.165, 1.54) is 0 Å². The third-order valence-corrected chi connectivity index (χ3v) is 3.32. The van der Waals surface area contributed by atoms with Crippen LogP contribution in [-0.2, 0) is 11.3 Å². The average Bonchev–Trinajstić information content (AvgIpc) is 2.41. The molecule has 1 unspecified atom stereocenters. The molecular weight excluding hydrogens is 294 g/mol. The van der Waals surface area contributed by atoms with E-state index in [0.717, 1.165) is 5.56 Å². The van der Waals surface area contributed by atoms with Gasteiger partial charge in [-0.25, -0.2) is 0 Å². The highest BCUT2D eigenvalue weighted by atomic mass is 35.5. The minimum absolute atomic E-state index is 0.421. The van der Waals surface area contributed by atoms with Gasteiger partial charge in [-0.05, 0) is 31.7 Å². The predicted octanol–water partition coefficient (Wildman–Crippen LogP) is 2.90. The summed E-state index contributed by atoms with van der Waals surface area (Å²) in [5.41, 5.74) is 0.945. The third-order valence-electron chi connectivity index (χ3n) is 3.04. The smallest absolute Gasteiger partial charge is 0.307 e. The maximum Gasteiger partial charge on any atom is 0.307 e. The number of hydrogen-bond acceptors (Lipinski definition) is 4. The number of methoxy groups -OCH3 is 1. The van der Waals surface area contributed by atoms with E-state index in [1.54, 1.807) is 14.0 Å². The first-order valence-electron chi connectivity index (χ1n) is 6.79. The van der Waals surface area contributed by atoms with Crippen LogP contribution in [-0.4, -0.2) is 43.3 Å². The number of ether oxygens (including phenoxy) is 2. The highest BCUT2D eigenvalue weighted by Gasteiger charge is 2.16. The number of carbonyl (C=O) groups is 1. The zero-order valence-electron chi connectivity index (χ0n) is 12.9. The van der Waals surface area contributed by atoms with Gasteiger partial charge in [0.25, 0.3) is 0 Å². The summed E-state index contributed by atoms with van der Waals surface area (Å²) in [7, 11) is 3.43. The fourth-order valence-corrected chi connectivity index (χ4v) is 2.36. The summed E-state index contributed by atoms with van der Waals surface area (Å²) in [4.78, 5) is 12.8. The molecule has 0 saturated heterocycles. The summed E-state index contributed by atoms with van der Waals surface area (Å²) in [5.74, 6) is -0.106. The SMILES string of the molecule is CCOc1c(Cl)cc(CN(C)CC(C)C(=O)O)cc1OC. The molecule has 6 heteroatoms. The van der Waals surface area contributed by atoms with E-state index >= 15 is 0 Å². The molecule has 0 bridgehead atoms. The second-order valence-electron chi connectivity index (χ2n) is 4.98. The molecule has 5 nitrogen and oxygen atoms in total. The maximum absolute atomic E-state index is 10.9. The molecule has 118 valence electrons. The van der Waals surface area contributed by atoms with Gasteiger partial charge in [-0.2, -0.15) is 0 Å². The second kappa shape index (κ2) is 8.10. The Morgan fingerprint density at radius 3 is 2.67 bits per heavy atom. The van der Waals surface area contributed by atoms with Crippen LogP contribution in [0.1, 0.15) is 19.4 Å². The molecule has 0 fully saturated rings. The van der Waals surface area contributed by atoms with Crippen LogP contribution in [0.4, 0.5) is 0 Å². The Balaban J connectivity index is 2.84. The number of rotatable bonds is 8. The van der Waals surface area contributed by atoms with Gasteiger partial charge in [-0.15, -0.1) is 0 Å². The van der Waals surface area contributed by atoms with Crippen LogP contribution in [0.3, 0.4) is 0 Å². The number of aliphatic carboxylic acids is 1. The van der Waals surface area contributed by atoms with Crippen molar-refractivity contribution in [1.82, 2.24) is 4.90 Å². The lowest BCUT2D eigenvalue weighted by atomic mass is 10.1. The summed E-state index contributed by atoms with van der Waals surface area (Å²) < 4.78 is 10.8. The molecule has 0 aliphatic carbocycles. The van der Waals surface area contributed by atoms with E-state index < -0.39 is 11.9 Å². The maximum atomic E-state index is 10.9. The van der Waals surface area contributed by atoms with Gasteiger partial charge in [0.15, 0.2) is 11.5 Å². The van der Waals surface area contributed by atoms with E-state index in [1.807, 2.05) is 31.0 Å². The standard InChI is InChI=1S/C15H22ClNO4/c1-5-21-14-12(16)6-11(7-13(14)20-4)9-17(3)8-10(2)15(18)19/h6-7,10H,5,8-9H2,1-4H3,(H,18,19). The molecule has 0 aromatic heterocycles. The summed E-state index contributed by atoms with van der Waals surface area (Å²) >= 11 is 6.21. The van der Waals surface area contributed by atoms with Crippen molar-refractivity contribution < 1.29 is 19.4 Å². The minimum atomic E-state index is -0.802. The van der Waals surface area contributed by atoms with Crippen molar-refractivity contribution in [2.45, 2.75) is 20.4 Å². The van der Waals surface area contributed by atoms with Crippen LogP contribution < -0.4 is 9.47 Å². The first-order chi connectivity index (χ1) is 9.88. The number of nitrogens with zero attached hydrogens (tertiary/aromatic N) is 1. The molecule has 0 aliphatic heterocycles. The van der Waals surface area contributed by atoms with Gasteiger partial charge in [0.2, 0.25) is 0 Å². The van der Waals surface area contributed by atoms with Crippen molar-refractivity contribution in [2.75, 3.05) is 27.3 Å². The lowest BCUT2D eigenvalue weighted by molar-refractivity contribution is -0.141. The monoisotopic (exact) mass is 315 g/mol. The van der Waals surface area contributed by atoms with Crippen LogP contribution >= 0.6 is 11.6 Å². The molecule has 1 aromatic carbocycles. The zero-order valence-corrected chi connectivity index (χ0v) is 13.6. The summed E-state index contributed by atoms with van der Waals surface area (Å²) in [6, 6.07) is 3.68. The minimum Gasteiger partial charge on any atom is -0.493 e. The number of carboxylic acid groups (broad SMARTS) is 1. The summed E-state index contributed by atoms with van der Waals surface area (Å²) in [5, 5.41) is 9.43. The summed E-state index contributed by atoms with van der Waals surface area (Å²) in [6.45, 7) is 5.11. The molecule has 0 amide bonds. The molecule has 0 aliphatic rings. The molecule has 21 heavy (non-hydrogen) atoms. The quantitative estimate of drug-likeness (QED) is 0.799. The molecule has 0 spiro atoms. The molecule has 1 atom stereocenters. The highest BCUT2D eigenvalue weighted by Crippen LogP contribution is 2.36. The van der Waals surface area contributed by atoms with E-state index in [-0.39, 0.29) is 0 Å². The first kappa shape index (κ1) is 17.6. The van der Waals surface area contributed by atoms with E-state index in [9.17, 15) is 4.79 Å². The molecule has 1 N–H and O–H groups in total. The van der Waals surface area contributed by atoms with Gasteiger partial charge >= 0.3 is 5.97 Å². The molecule has 0 heterocycles. The Hall–Kier alpha value is -1.46. The van der Waals surface area contributed by atoms with Crippen LogP contribution in [0, 0.1) is 5.92 Å². The Labute approximate surface area is 130 Å². The summed E-state index contributed by atoms with van der Waals surface area (Å²) in [6.07, 6.45) is 0. The first-order valence-corrected chi connectivity index (χ1v) is 7.17. The zero-order chi connectivity index (χ0) is 16.0. The molecule has 0 radical (unpaired) electrons. The molecule has 0 saturated carbocycles. The number of halogens is 1. The Kier molecular flexibility index (Phi) is 6.78. The Morgan fingerprint density at radius 1 is 1.48 bits per heavy atom. The van der Waals surface area contributed by atoms with Gasteiger partial charge < -0.3 is 19.5 Å². The van der Waals surface area contributed by atoms with Crippen LogP contribution in [0.2, 0.25) is 5.02 Å².